The van der Waals surface area contributed by atoms with Gasteiger partial charge in [-0.3, -0.25) is 4.79 Å². The second-order valence-electron chi connectivity index (χ2n) is 3.63. The average molecular weight is 211 g/mol. The Morgan fingerprint density at radius 3 is 2.44 bits per heavy atom. The van der Waals surface area contributed by atoms with Crippen molar-refractivity contribution in [2.75, 3.05) is 0 Å². The van der Waals surface area contributed by atoms with E-state index in [0.29, 0.717) is 6.42 Å². The van der Waals surface area contributed by atoms with Gasteiger partial charge in [0.25, 0.3) is 0 Å². The summed E-state index contributed by atoms with van der Waals surface area (Å²) >= 11 is 0. The van der Waals surface area contributed by atoms with Crippen molar-refractivity contribution in [3.8, 4) is 0 Å². The molecule has 2 heteroatoms. The quantitative estimate of drug-likeness (QED) is 0.714. The van der Waals surface area contributed by atoms with Gasteiger partial charge in [0.05, 0.1) is 12.4 Å². The maximum atomic E-state index is 12.0. The molecule has 0 N–H and O–H groups in total. The van der Waals surface area contributed by atoms with Crippen molar-refractivity contribution in [1.82, 2.24) is 4.90 Å². The fourth-order valence-corrected chi connectivity index (χ4v) is 1.76. The van der Waals surface area contributed by atoms with Crippen LogP contribution in [0.25, 0.3) is 0 Å². The molecule has 0 aliphatic carbocycles. The van der Waals surface area contributed by atoms with Gasteiger partial charge in [-0.15, -0.1) is 0 Å². The Kier molecular flexibility index (Phi) is 3.07. The Balaban J connectivity index is 2.32. The van der Waals surface area contributed by atoms with Crippen LogP contribution in [0.5, 0.6) is 0 Å². The topological polar surface area (TPSA) is 20.3 Å². The fraction of sp³-hybridized carbons (Fsp3) is 0.214. The minimum absolute atomic E-state index is 0.198. The summed E-state index contributed by atoms with van der Waals surface area (Å²) < 4.78 is 0. The van der Waals surface area contributed by atoms with Crippen molar-refractivity contribution in [2.45, 2.75) is 19.4 Å². The lowest BCUT2D eigenvalue weighted by molar-refractivity contribution is -0.122. The molecule has 1 aliphatic heterocycles. The highest BCUT2D eigenvalue weighted by Gasteiger charge is 2.23. The molecular formula is C14H13NO. The number of carbonyl (C=O) groups is 1. The van der Waals surface area contributed by atoms with Crippen LogP contribution in [0.2, 0.25) is 0 Å². The lowest BCUT2D eigenvalue weighted by Crippen LogP contribution is -2.24. The molecule has 1 aromatic carbocycles. The number of hydrogen-bond acceptors (Lipinski definition) is 2. The third kappa shape index (κ3) is 1.99. The lowest BCUT2D eigenvalue weighted by atomic mass is 10.00. The predicted molar refractivity (Wildman–Crippen MR) is 62.5 cm³/mol. The highest BCUT2D eigenvalue weighted by atomic mass is 16.1. The highest BCUT2D eigenvalue weighted by molar-refractivity contribution is 5.85. The Morgan fingerprint density at radius 1 is 1.25 bits per heavy atom. The van der Waals surface area contributed by atoms with E-state index in [1.807, 2.05) is 42.2 Å². The molecule has 1 heterocycles. The van der Waals surface area contributed by atoms with Crippen molar-refractivity contribution < 1.29 is 4.79 Å². The Morgan fingerprint density at radius 2 is 1.88 bits per heavy atom. The molecule has 1 atom stereocenters. The summed E-state index contributed by atoms with van der Waals surface area (Å²) in [6.45, 7) is 1.88. The molecule has 1 aromatic rings. The first-order valence-electron chi connectivity index (χ1n) is 5.35. The monoisotopic (exact) mass is 211 g/mol. The number of hydrogen-bond donors (Lipinski definition) is 0. The minimum atomic E-state index is -0.242. The van der Waals surface area contributed by atoms with Gasteiger partial charge in [0, 0.05) is 6.42 Å². The maximum Gasteiger partial charge on any atom is 0.159 e. The predicted octanol–water partition coefficient (Wildman–Crippen LogP) is 2.80. The molecule has 0 radical (unpaired) electrons. The zero-order valence-electron chi connectivity index (χ0n) is 9.18. The van der Waals surface area contributed by atoms with E-state index in [4.69, 9.17) is 0 Å². The summed E-state index contributed by atoms with van der Waals surface area (Å²) in [6.07, 6.45) is 4.04. The number of Topliss-reactive ketones (excluding diaryl/α,β-unsaturated/α-hetero) is 1. The van der Waals surface area contributed by atoms with Gasteiger partial charge in [0.1, 0.15) is 6.04 Å². The Bertz CT molecular complexity index is 461. The van der Waals surface area contributed by atoms with E-state index in [0.717, 1.165) is 5.56 Å². The first-order valence-corrected chi connectivity index (χ1v) is 5.35. The molecule has 2 rings (SSSR count). The van der Waals surface area contributed by atoms with E-state index in [1.54, 1.807) is 12.4 Å². The van der Waals surface area contributed by atoms with Crippen LogP contribution in [0.4, 0.5) is 0 Å². The average Bonchev–Trinajstić information content (AvgIpc) is 2.84. The van der Waals surface area contributed by atoms with Crippen LogP contribution in [0.15, 0.2) is 54.2 Å². The lowest BCUT2D eigenvalue weighted by Gasteiger charge is -2.23. The van der Waals surface area contributed by atoms with Gasteiger partial charge in [-0.1, -0.05) is 48.7 Å². The second kappa shape index (κ2) is 4.67. The van der Waals surface area contributed by atoms with Crippen LogP contribution in [0, 0.1) is 0 Å². The van der Waals surface area contributed by atoms with Crippen LogP contribution < -0.4 is 0 Å². The number of carbonyl (C=O) groups excluding carboxylic acids is 1. The molecule has 0 aromatic heterocycles. The zero-order chi connectivity index (χ0) is 11.4. The number of nitrogens with zero attached hydrogens (tertiary/aromatic N) is 1. The summed E-state index contributed by atoms with van der Waals surface area (Å²) in [5.41, 5.74) is 6.70. The molecule has 0 fully saturated rings. The molecule has 0 saturated heterocycles. The molecule has 16 heavy (non-hydrogen) atoms. The molecular weight excluding hydrogens is 198 g/mol. The van der Waals surface area contributed by atoms with Crippen LogP contribution >= 0.6 is 0 Å². The third-order valence-corrected chi connectivity index (χ3v) is 2.58. The standard InChI is InChI=1S/C14H13NO/c1-2-13(16)14(15-10-6-7-11-15)12-8-4-3-5-9-12/h3-5,8-11,14H,2H2,1H3. The van der Waals surface area contributed by atoms with Crippen molar-refractivity contribution in [3.05, 3.63) is 59.8 Å². The van der Waals surface area contributed by atoms with E-state index in [1.165, 1.54) is 0 Å². The van der Waals surface area contributed by atoms with Gasteiger partial charge in [-0.05, 0) is 5.56 Å². The van der Waals surface area contributed by atoms with Crippen molar-refractivity contribution >= 4 is 5.78 Å². The van der Waals surface area contributed by atoms with Gasteiger partial charge >= 0.3 is 0 Å². The fourth-order valence-electron chi connectivity index (χ4n) is 1.76. The van der Waals surface area contributed by atoms with Gasteiger partial charge in [-0.2, -0.15) is 0 Å². The van der Waals surface area contributed by atoms with Gasteiger partial charge in [0.2, 0.25) is 0 Å². The molecule has 1 unspecified atom stereocenters. The van der Waals surface area contributed by atoms with Gasteiger partial charge in [-0.25, -0.2) is 0 Å². The molecule has 0 amide bonds. The number of ketones is 1. The van der Waals surface area contributed by atoms with Crippen molar-refractivity contribution in [1.29, 1.82) is 0 Å². The minimum Gasteiger partial charge on any atom is -0.325 e. The first kappa shape index (κ1) is 10.5. The van der Waals surface area contributed by atoms with E-state index < -0.39 is 0 Å². The molecule has 0 spiro atoms. The summed E-state index contributed by atoms with van der Waals surface area (Å²) in [5.74, 6) is 0.198. The van der Waals surface area contributed by atoms with E-state index >= 15 is 0 Å². The van der Waals surface area contributed by atoms with Crippen LogP contribution in [0.3, 0.4) is 0 Å². The zero-order valence-corrected chi connectivity index (χ0v) is 9.18. The normalized spacial score (nSPS) is 14.4. The molecule has 0 bridgehead atoms. The van der Waals surface area contributed by atoms with Gasteiger partial charge in [0.15, 0.2) is 5.78 Å². The SMILES string of the molecule is CCC(=O)C(c1ccccc1)N1C=C=C=C1. The Hall–Kier alpha value is -2.01. The number of rotatable bonds is 4. The third-order valence-electron chi connectivity index (χ3n) is 2.58. The Labute approximate surface area is 95.2 Å². The van der Waals surface area contributed by atoms with Crippen LogP contribution in [-0.4, -0.2) is 10.7 Å². The summed E-state index contributed by atoms with van der Waals surface area (Å²) in [7, 11) is 0. The summed E-state index contributed by atoms with van der Waals surface area (Å²) in [6, 6.07) is 9.54. The molecule has 1 aliphatic rings. The first-order chi connectivity index (χ1) is 7.83. The van der Waals surface area contributed by atoms with Crippen molar-refractivity contribution in [2.24, 2.45) is 0 Å². The van der Waals surface area contributed by atoms with Crippen molar-refractivity contribution in [3.63, 3.8) is 0 Å². The van der Waals surface area contributed by atoms with Crippen LogP contribution in [0.1, 0.15) is 24.9 Å². The van der Waals surface area contributed by atoms with Gasteiger partial charge < -0.3 is 4.90 Å². The van der Waals surface area contributed by atoms with Crippen LogP contribution in [-0.2, 0) is 4.79 Å². The smallest absolute Gasteiger partial charge is 0.159 e. The largest absolute Gasteiger partial charge is 0.325 e. The molecule has 0 saturated carbocycles. The summed E-state index contributed by atoms with van der Waals surface area (Å²) in [4.78, 5) is 13.8. The maximum absolute atomic E-state index is 12.0. The molecule has 2 nitrogen and oxygen atoms in total. The van der Waals surface area contributed by atoms with E-state index in [-0.39, 0.29) is 11.8 Å². The number of benzene rings is 1. The summed E-state index contributed by atoms with van der Waals surface area (Å²) in [5, 5.41) is 0. The van der Waals surface area contributed by atoms with E-state index in [2.05, 4.69) is 11.5 Å². The van der Waals surface area contributed by atoms with E-state index in [9.17, 15) is 4.79 Å². The second-order valence-corrected chi connectivity index (χ2v) is 3.63. The molecule has 80 valence electrons. The highest BCUT2D eigenvalue weighted by Crippen LogP contribution is 2.24.